The third kappa shape index (κ3) is 6.87. The topological polar surface area (TPSA) is 77.3 Å². The molecule has 2 aliphatic carbocycles. The molecule has 0 spiro atoms. The van der Waals surface area contributed by atoms with E-state index in [-0.39, 0.29) is 23.8 Å². The molecule has 184 valence electrons. The first-order valence-electron chi connectivity index (χ1n) is 12.8. The molecule has 0 bridgehead atoms. The van der Waals surface area contributed by atoms with Gasteiger partial charge in [-0.1, -0.05) is 103 Å². The monoisotopic (exact) mass is 474 g/mol. The second-order valence-corrected chi connectivity index (χ2v) is 9.55. The summed E-state index contributed by atoms with van der Waals surface area (Å²) < 4.78 is 0. The van der Waals surface area contributed by atoms with E-state index in [2.05, 4.69) is 10.3 Å². The minimum atomic E-state index is -0.310. The Morgan fingerprint density at radius 2 is 1.14 bits per heavy atom. The fraction of sp³-hybridized carbons (Fsp3) is 0.448. The summed E-state index contributed by atoms with van der Waals surface area (Å²) in [6.07, 6.45) is 9.83. The molecule has 0 amide bonds. The SMILES string of the molecule is CC(=N\OC(=O)C1CCCCC1)/C(=N\OC(=O)C1CCCCC1)c1ccc(-c2ccccc2)cc1. The Kier molecular flexibility index (Phi) is 8.82. The predicted octanol–water partition coefficient (Wildman–Crippen LogP) is 6.68. The summed E-state index contributed by atoms with van der Waals surface area (Å²) >= 11 is 0. The molecule has 0 radical (unpaired) electrons. The molecule has 0 atom stereocenters. The van der Waals surface area contributed by atoms with Crippen LogP contribution in [0.3, 0.4) is 0 Å². The molecule has 0 unspecified atom stereocenters. The molecule has 0 aliphatic heterocycles. The number of hydrogen-bond acceptors (Lipinski definition) is 6. The van der Waals surface area contributed by atoms with E-state index >= 15 is 0 Å². The van der Waals surface area contributed by atoms with E-state index in [0.29, 0.717) is 11.4 Å². The first-order chi connectivity index (χ1) is 17.1. The average Bonchev–Trinajstić information content (AvgIpc) is 2.93. The number of oxime groups is 2. The number of carbonyl (C=O) groups is 2. The van der Waals surface area contributed by atoms with Crippen molar-refractivity contribution in [3.63, 3.8) is 0 Å². The van der Waals surface area contributed by atoms with Crippen LogP contribution in [0.5, 0.6) is 0 Å². The number of carbonyl (C=O) groups excluding carboxylic acids is 2. The highest BCUT2D eigenvalue weighted by molar-refractivity contribution is 6.47. The molecular weight excluding hydrogens is 440 g/mol. The summed E-state index contributed by atoms with van der Waals surface area (Å²) in [5.74, 6) is -0.831. The van der Waals surface area contributed by atoms with Gasteiger partial charge in [0.05, 0.1) is 11.8 Å². The van der Waals surface area contributed by atoms with E-state index in [4.69, 9.17) is 9.68 Å². The van der Waals surface area contributed by atoms with Gasteiger partial charge in [-0.25, -0.2) is 9.59 Å². The number of nitrogens with zero attached hydrogens (tertiary/aromatic N) is 2. The molecule has 35 heavy (non-hydrogen) atoms. The van der Waals surface area contributed by atoms with Crippen LogP contribution >= 0.6 is 0 Å². The van der Waals surface area contributed by atoms with Crippen molar-refractivity contribution in [2.45, 2.75) is 71.1 Å². The second-order valence-electron chi connectivity index (χ2n) is 9.55. The van der Waals surface area contributed by atoms with Crippen molar-refractivity contribution in [2.24, 2.45) is 22.1 Å². The quantitative estimate of drug-likeness (QED) is 0.255. The van der Waals surface area contributed by atoms with Crippen molar-refractivity contribution in [1.29, 1.82) is 0 Å². The minimum Gasteiger partial charge on any atom is -0.318 e. The molecule has 2 aromatic carbocycles. The molecule has 0 heterocycles. The van der Waals surface area contributed by atoms with Crippen LogP contribution in [0.1, 0.15) is 76.7 Å². The molecule has 0 N–H and O–H groups in total. The Bertz CT molecular complexity index is 1050. The normalized spacial score (nSPS) is 18.2. The zero-order chi connectivity index (χ0) is 24.5. The standard InChI is InChI=1S/C29H34N2O4/c1-21(30-34-28(32)25-13-7-3-8-14-25)27(31-35-29(33)26-15-9-4-10-16-26)24-19-17-23(18-20-24)22-11-5-2-6-12-22/h2,5-6,11-12,17-20,25-26H,3-4,7-10,13-16H2,1H3/b30-21+,31-27+. The van der Waals surface area contributed by atoms with Crippen LogP contribution in [-0.4, -0.2) is 23.4 Å². The van der Waals surface area contributed by atoms with Gasteiger partial charge in [-0.3, -0.25) is 0 Å². The Morgan fingerprint density at radius 1 is 0.657 bits per heavy atom. The molecule has 0 saturated heterocycles. The van der Waals surface area contributed by atoms with Crippen molar-refractivity contribution in [1.82, 2.24) is 0 Å². The first kappa shape index (κ1) is 24.8. The summed E-state index contributed by atoms with van der Waals surface area (Å²) in [7, 11) is 0. The number of rotatable bonds is 7. The van der Waals surface area contributed by atoms with Crippen molar-refractivity contribution in [3.8, 4) is 11.1 Å². The second kappa shape index (κ2) is 12.4. The average molecular weight is 475 g/mol. The largest absolute Gasteiger partial charge is 0.338 e. The fourth-order valence-corrected chi connectivity index (χ4v) is 4.85. The lowest BCUT2D eigenvalue weighted by Crippen LogP contribution is -2.22. The van der Waals surface area contributed by atoms with Gasteiger partial charge in [-0.05, 0) is 43.7 Å². The van der Waals surface area contributed by atoms with Gasteiger partial charge in [-0.2, -0.15) is 0 Å². The maximum Gasteiger partial charge on any atom is 0.338 e. The molecule has 2 aliphatic rings. The van der Waals surface area contributed by atoms with E-state index in [1.54, 1.807) is 6.92 Å². The highest BCUT2D eigenvalue weighted by atomic mass is 16.7. The molecule has 0 aromatic heterocycles. The lowest BCUT2D eigenvalue weighted by atomic mass is 9.89. The van der Waals surface area contributed by atoms with Crippen LogP contribution in [0.4, 0.5) is 0 Å². The van der Waals surface area contributed by atoms with E-state index in [9.17, 15) is 9.59 Å². The van der Waals surface area contributed by atoms with E-state index in [1.807, 2.05) is 54.6 Å². The molecule has 4 rings (SSSR count). The first-order valence-corrected chi connectivity index (χ1v) is 12.8. The van der Waals surface area contributed by atoms with Crippen molar-refractivity contribution >= 4 is 23.4 Å². The fourth-order valence-electron chi connectivity index (χ4n) is 4.85. The molecule has 2 fully saturated rings. The van der Waals surface area contributed by atoms with Gasteiger partial charge in [0.15, 0.2) is 0 Å². The van der Waals surface area contributed by atoms with Gasteiger partial charge in [-0.15, -0.1) is 0 Å². The van der Waals surface area contributed by atoms with E-state index in [1.165, 1.54) is 0 Å². The maximum absolute atomic E-state index is 12.6. The zero-order valence-corrected chi connectivity index (χ0v) is 20.4. The van der Waals surface area contributed by atoms with Crippen molar-refractivity contribution < 1.29 is 19.3 Å². The minimum absolute atomic E-state index is 0.102. The lowest BCUT2D eigenvalue weighted by Gasteiger charge is -2.18. The van der Waals surface area contributed by atoms with Crippen molar-refractivity contribution in [3.05, 3.63) is 60.2 Å². The summed E-state index contributed by atoms with van der Waals surface area (Å²) in [5.41, 5.74) is 3.67. The predicted molar refractivity (Wildman–Crippen MR) is 137 cm³/mol. The van der Waals surface area contributed by atoms with E-state index < -0.39 is 0 Å². The molecule has 6 nitrogen and oxygen atoms in total. The van der Waals surface area contributed by atoms with E-state index in [0.717, 1.165) is 80.9 Å². The van der Waals surface area contributed by atoms with Crippen LogP contribution in [0.15, 0.2) is 64.9 Å². The Morgan fingerprint density at radius 3 is 1.69 bits per heavy atom. The van der Waals surface area contributed by atoms with Gasteiger partial charge in [0.1, 0.15) is 11.4 Å². The molecule has 2 saturated carbocycles. The van der Waals surface area contributed by atoms with Crippen LogP contribution in [0, 0.1) is 11.8 Å². The van der Waals surface area contributed by atoms with Gasteiger partial charge in [0.2, 0.25) is 0 Å². The molecule has 6 heteroatoms. The third-order valence-electron chi connectivity index (χ3n) is 6.98. The summed E-state index contributed by atoms with van der Waals surface area (Å²) in [5, 5.41) is 8.30. The molecular formula is C29H34N2O4. The lowest BCUT2D eigenvalue weighted by molar-refractivity contribution is -0.150. The summed E-state index contributed by atoms with van der Waals surface area (Å²) in [6, 6.07) is 17.9. The van der Waals surface area contributed by atoms with Gasteiger partial charge in [0.25, 0.3) is 0 Å². The third-order valence-corrected chi connectivity index (χ3v) is 6.98. The van der Waals surface area contributed by atoms with Gasteiger partial charge < -0.3 is 9.68 Å². The maximum atomic E-state index is 12.6. The van der Waals surface area contributed by atoms with Gasteiger partial charge in [0, 0.05) is 5.56 Å². The van der Waals surface area contributed by atoms with Crippen LogP contribution in [-0.2, 0) is 19.3 Å². The highest BCUT2D eigenvalue weighted by Crippen LogP contribution is 2.26. The smallest absolute Gasteiger partial charge is 0.318 e. The van der Waals surface area contributed by atoms with Crippen LogP contribution < -0.4 is 0 Å². The van der Waals surface area contributed by atoms with Crippen molar-refractivity contribution in [2.75, 3.05) is 0 Å². The Balaban J connectivity index is 1.53. The zero-order valence-electron chi connectivity index (χ0n) is 20.4. The van der Waals surface area contributed by atoms with Gasteiger partial charge >= 0.3 is 11.9 Å². The molecule has 2 aromatic rings. The Labute approximate surface area is 207 Å². The number of hydrogen-bond donors (Lipinski definition) is 0. The van der Waals surface area contributed by atoms with Crippen LogP contribution in [0.2, 0.25) is 0 Å². The highest BCUT2D eigenvalue weighted by Gasteiger charge is 2.25. The summed E-state index contributed by atoms with van der Waals surface area (Å²) in [4.78, 5) is 35.8. The number of benzene rings is 2. The van der Waals surface area contributed by atoms with Crippen LogP contribution in [0.25, 0.3) is 11.1 Å². The summed E-state index contributed by atoms with van der Waals surface area (Å²) in [6.45, 7) is 1.71. The Hall–Kier alpha value is -3.28.